The van der Waals surface area contributed by atoms with Crippen LogP contribution in [0.5, 0.6) is 11.5 Å². The van der Waals surface area contributed by atoms with E-state index in [1.807, 2.05) is 11.4 Å². The number of benzene rings is 1. The number of amides is 1. The fraction of sp³-hybridized carbons (Fsp3) is 0.118. The van der Waals surface area contributed by atoms with Crippen molar-refractivity contribution in [3.63, 3.8) is 0 Å². The van der Waals surface area contributed by atoms with E-state index in [4.69, 9.17) is 4.74 Å². The minimum absolute atomic E-state index is 0.207. The summed E-state index contributed by atoms with van der Waals surface area (Å²) >= 11 is 1.37. The van der Waals surface area contributed by atoms with Crippen LogP contribution in [0.4, 0.5) is 0 Å². The van der Waals surface area contributed by atoms with Gasteiger partial charge in [-0.05, 0) is 29.1 Å². The number of ether oxygens (including phenoxy) is 1. The summed E-state index contributed by atoms with van der Waals surface area (Å²) in [5, 5.41) is 14.4. The average molecular weight is 357 g/mol. The molecular formula is C17H15N3O4S. The fourth-order valence-electron chi connectivity index (χ4n) is 2.20. The van der Waals surface area contributed by atoms with E-state index >= 15 is 0 Å². The van der Waals surface area contributed by atoms with Crippen molar-refractivity contribution in [2.75, 3.05) is 7.11 Å². The lowest BCUT2D eigenvalue weighted by Crippen LogP contribution is -2.26. The van der Waals surface area contributed by atoms with E-state index in [1.54, 1.807) is 37.4 Å². The second-order valence-corrected chi connectivity index (χ2v) is 6.07. The van der Waals surface area contributed by atoms with Crippen molar-refractivity contribution < 1.29 is 14.6 Å². The summed E-state index contributed by atoms with van der Waals surface area (Å²) < 4.78 is 5.13. The van der Waals surface area contributed by atoms with Crippen LogP contribution in [-0.2, 0) is 6.54 Å². The molecule has 0 aliphatic carbocycles. The number of rotatable bonds is 5. The Bertz CT molecular complexity index is 951. The summed E-state index contributed by atoms with van der Waals surface area (Å²) in [6.45, 7) is 0.207. The quantitative estimate of drug-likeness (QED) is 0.649. The third-order valence-corrected chi connectivity index (χ3v) is 4.33. The largest absolute Gasteiger partial charge is 0.501 e. The number of nitrogens with zero attached hydrogens (tertiary/aromatic N) is 1. The van der Waals surface area contributed by atoms with Crippen molar-refractivity contribution in [1.29, 1.82) is 0 Å². The van der Waals surface area contributed by atoms with Crippen molar-refractivity contribution in [3.05, 3.63) is 63.4 Å². The normalized spacial score (nSPS) is 10.4. The summed E-state index contributed by atoms with van der Waals surface area (Å²) in [6, 6.07) is 10.8. The second kappa shape index (κ2) is 7.18. The van der Waals surface area contributed by atoms with Gasteiger partial charge in [0.2, 0.25) is 5.75 Å². The number of carbonyl (C=O) groups is 1. The highest BCUT2D eigenvalue weighted by Gasteiger charge is 2.18. The first-order valence-corrected chi connectivity index (χ1v) is 8.24. The second-order valence-electron chi connectivity index (χ2n) is 5.12. The highest BCUT2D eigenvalue weighted by Crippen LogP contribution is 2.21. The minimum Gasteiger partial charge on any atom is -0.501 e. The molecule has 8 heteroatoms. The zero-order valence-electron chi connectivity index (χ0n) is 13.3. The number of nitrogens with one attached hydrogen (secondary N) is 2. The van der Waals surface area contributed by atoms with E-state index in [9.17, 15) is 14.7 Å². The molecule has 0 radical (unpaired) electrons. The van der Waals surface area contributed by atoms with Crippen LogP contribution in [0.25, 0.3) is 10.7 Å². The lowest BCUT2D eigenvalue weighted by Gasteiger charge is -2.08. The average Bonchev–Trinajstić information content (AvgIpc) is 3.16. The molecule has 0 saturated carbocycles. The number of aromatic amines is 1. The van der Waals surface area contributed by atoms with Gasteiger partial charge in [0.15, 0.2) is 11.5 Å². The standard InChI is InChI=1S/C17H15N3O4S/c1-24-11-5-2-4-10(8-11)9-18-16(22)13-14(21)17(23)20-15(19-13)12-6-3-7-25-12/h2-8,21H,9H2,1H3,(H,18,22)(H,19,20,23). The molecule has 3 rings (SSSR count). The summed E-state index contributed by atoms with van der Waals surface area (Å²) in [5.74, 6) is -0.430. The summed E-state index contributed by atoms with van der Waals surface area (Å²) in [7, 11) is 1.56. The Hall–Kier alpha value is -3.13. The molecule has 0 saturated heterocycles. The van der Waals surface area contributed by atoms with Crippen LogP contribution < -0.4 is 15.6 Å². The van der Waals surface area contributed by atoms with Crippen LogP contribution in [0.15, 0.2) is 46.6 Å². The van der Waals surface area contributed by atoms with Gasteiger partial charge in [-0.2, -0.15) is 0 Å². The molecule has 25 heavy (non-hydrogen) atoms. The maximum atomic E-state index is 12.4. The number of aromatic hydroxyl groups is 1. The van der Waals surface area contributed by atoms with Crippen LogP contribution in [-0.4, -0.2) is 28.1 Å². The maximum Gasteiger partial charge on any atom is 0.294 e. The van der Waals surface area contributed by atoms with E-state index < -0.39 is 17.2 Å². The van der Waals surface area contributed by atoms with Gasteiger partial charge in [-0.25, -0.2) is 4.98 Å². The third-order valence-electron chi connectivity index (χ3n) is 3.45. The van der Waals surface area contributed by atoms with Crippen molar-refractivity contribution in [1.82, 2.24) is 15.3 Å². The molecule has 0 atom stereocenters. The summed E-state index contributed by atoms with van der Waals surface area (Å²) in [4.78, 5) is 31.5. The first-order valence-electron chi connectivity index (χ1n) is 7.37. The highest BCUT2D eigenvalue weighted by molar-refractivity contribution is 7.13. The molecule has 3 N–H and O–H groups in total. The van der Waals surface area contributed by atoms with Gasteiger partial charge in [0.1, 0.15) is 5.75 Å². The third kappa shape index (κ3) is 3.69. The van der Waals surface area contributed by atoms with Crippen LogP contribution in [0.1, 0.15) is 16.1 Å². The van der Waals surface area contributed by atoms with Crippen molar-refractivity contribution >= 4 is 17.2 Å². The summed E-state index contributed by atoms with van der Waals surface area (Å²) in [5.41, 5.74) is -0.254. The summed E-state index contributed by atoms with van der Waals surface area (Å²) in [6.07, 6.45) is 0. The van der Waals surface area contributed by atoms with Gasteiger partial charge in [-0.15, -0.1) is 11.3 Å². The van der Waals surface area contributed by atoms with Gasteiger partial charge >= 0.3 is 0 Å². The predicted molar refractivity (Wildman–Crippen MR) is 94.0 cm³/mol. The molecule has 0 aliphatic rings. The number of thiophene rings is 1. The van der Waals surface area contributed by atoms with Gasteiger partial charge in [0, 0.05) is 6.54 Å². The number of aromatic nitrogens is 2. The van der Waals surface area contributed by atoms with Gasteiger partial charge < -0.3 is 20.1 Å². The Morgan fingerprint density at radius 3 is 2.92 bits per heavy atom. The Balaban J connectivity index is 1.83. The molecule has 3 aromatic rings. The molecule has 2 aromatic heterocycles. The van der Waals surface area contributed by atoms with E-state index in [0.29, 0.717) is 10.6 Å². The lowest BCUT2D eigenvalue weighted by molar-refractivity contribution is 0.0942. The van der Waals surface area contributed by atoms with Crippen molar-refractivity contribution in [2.24, 2.45) is 0 Å². The van der Waals surface area contributed by atoms with E-state index in [1.165, 1.54) is 11.3 Å². The molecule has 1 amide bonds. The SMILES string of the molecule is COc1cccc(CNC(=O)c2nc(-c3cccs3)[nH]c(=O)c2O)c1. The minimum atomic E-state index is -0.759. The Kier molecular flexibility index (Phi) is 4.80. The number of hydrogen-bond acceptors (Lipinski definition) is 6. The van der Waals surface area contributed by atoms with Gasteiger partial charge in [-0.1, -0.05) is 18.2 Å². The zero-order valence-corrected chi connectivity index (χ0v) is 14.1. The Morgan fingerprint density at radius 1 is 1.36 bits per heavy atom. The van der Waals surface area contributed by atoms with Crippen LogP contribution >= 0.6 is 11.3 Å². The number of hydrogen-bond donors (Lipinski definition) is 3. The molecule has 0 spiro atoms. The molecule has 1 aromatic carbocycles. The fourth-order valence-corrected chi connectivity index (χ4v) is 2.87. The monoisotopic (exact) mass is 357 g/mol. The number of H-pyrrole nitrogens is 1. The number of carbonyl (C=O) groups excluding carboxylic acids is 1. The van der Waals surface area contributed by atoms with Gasteiger partial charge in [0.25, 0.3) is 11.5 Å². The van der Waals surface area contributed by atoms with Crippen LogP contribution in [0.2, 0.25) is 0 Å². The van der Waals surface area contributed by atoms with Gasteiger partial charge in [-0.3, -0.25) is 9.59 Å². The van der Waals surface area contributed by atoms with E-state index in [0.717, 1.165) is 5.56 Å². The molecule has 7 nitrogen and oxygen atoms in total. The molecule has 0 bridgehead atoms. The Labute approximate surface area is 147 Å². The van der Waals surface area contributed by atoms with Gasteiger partial charge in [0.05, 0.1) is 12.0 Å². The first kappa shape index (κ1) is 16.7. The van der Waals surface area contributed by atoms with E-state index in [2.05, 4.69) is 15.3 Å². The maximum absolute atomic E-state index is 12.4. The lowest BCUT2D eigenvalue weighted by atomic mass is 10.2. The highest BCUT2D eigenvalue weighted by atomic mass is 32.1. The van der Waals surface area contributed by atoms with Crippen molar-refractivity contribution in [2.45, 2.75) is 6.54 Å². The molecule has 0 fully saturated rings. The predicted octanol–water partition coefficient (Wildman–Crippen LogP) is 2.14. The van der Waals surface area contributed by atoms with E-state index in [-0.39, 0.29) is 18.1 Å². The molecular weight excluding hydrogens is 342 g/mol. The van der Waals surface area contributed by atoms with Crippen molar-refractivity contribution in [3.8, 4) is 22.2 Å². The molecule has 128 valence electrons. The number of methoxy groups -OCH3 is 1. The molecule has 2 heterocycles. The topological polar surface area (TPSA) is 104 Å². The Morgan fingerprint density at radius 2 is 2.20 bits per heavy atom. The first-order chi connectivity index (χ1) is 12.1. The molecule has 0 aliphatic heterocycles. The van der Waals surface area contributed by atoms with Crippen LogP contribution in [0, 0.1) is 0 Å². The zero-order chi connectivity index (χ0) is 17.8. The van der Waals surface area contributed by atoms with Crippen LogP contribution in [0.3, 0.4) is 0 Å². The molecule has 0 unspecified atom stereocenters. The smallest absolute Gasteiger partial charge is 0.294 e.